The minimum atomic E-state index is 0.169. The molecule has 1 heteroatoms. The molecule has 1 aromatic rings. The number of benzene rings is 1. The van der Waals surface area contributed by atoms with Crippen LogP contribution in [0, 0.1) is 0 Å². The van der Waals surface area contributed by atoms with Crippen LogP contribution >= 0.6 is 0 Å². The molecule has 0 spiro atoms. The van der Waals surface area contributed by atoms with Crippen molar-refractivity contribution in [3.8, 4) is 0 Å². The Kier molecular flexibility index (Phi) is 3.92. The van der Waals surface area contributed by atoms with Crippen LogP contribution in [0.5, 0.6) is 0 Å². The topological polar surface area (TPSA) is 12.0 Å². The second-order valence-corrected chi connectivity index (χ2v) is 5.21. The summed E-state index contributed by atoms with van der Waals surface area (Å²) in [5, 5.41) is 3.57. The Morgan fingerprint density at radius 2 is 1.67 bits per heavy atom. The molecule has 0 amide bonds. The average Bonchev–Trinajstić information content (AvgIpc) is 2.15. The van der Waals surface area contributed by atoms with E-state index in [1.807, 2.05) is 0 Å². The van der Waals surface area contributed by atoms with E-state index in [4.69, 9.17) is 0 Å². The number of rotatable bonds is 3. The lowest BCUT2D eigenvalue weighted by Crippen LogP contribution is -2.37. The van der Waals surface area contributed by atoms with E-state index in [0.717, 1.165) is 6.42 Å². The van der Waals surface area contributed by atoms with Crippen LogP contribution in [-0.2, 0) is 6.42 Å². The van der Waals surface area contributed by atoms with Crippen molar-refractivity contribution in [2.45, 2.75) is 52.6 Å². The van der Waals surface area contributed by atoms with Crippen LogP contribution in [0.3, 0.4) is 0 Å². The van der Waals surface area contributed by atoms with Crippen molar-refractivity contribution in [3.05, 3.63) is 35.4 Å². The van der Waals surface area contributed by atoms with Gasteiger partial charge in [0.05, 0.1) is 0 Å². The molecule has 0 saturated heterocycles. The number of aryl methyl sites for hydroxylation is 1. The second-order valence-electron chi connectivity index (χ2n) is 5.21. The zero-order valence-electron chi connectivity index (χ0n) is 10.6. The molecule has 0 saturated carbocycles. The SMILES string of the molecule is CCc1ccc([C@@H](C)NC(C)(C)C)cc1. The minimum Gasteiger partial charge on any atom is -0.306 e. The van der Waals surface area contributed by atoms with Gasteiger partial charge in [-0.1, -0.05) is 31.2 Å². The number of hydrogen-bond acceptors (Lipinski definition) is 1. The lowest BCUT2D eigenvalue weighted by atomic mass is 10.0. The second kappa shape index (κ2) is 4.80. The maximum atomic E-state index is 3.57. The summed E-state index contributed by atoms with van der Waals surface area (Å²) in [6.45, 7) is 11.0. The molecule has 84 valence electrons. The van der Waals surface area contributed by atoms with Crippen LogP contribution < -0.4 is 5.32 Å². The fourth-order valence-electron chi connectivity index (χ4n) is 1.77. The van der Waals surface area contributed by atoms with Gasteiger partial charge in [-0.25, -0.2) is 0 Å². The standard InChI is InChI=1S/C14H23N/c1-6-12-7-9-13(10-8-12)11(2)15-14(3,4)5/h7-11,15H,6H2,1-5H3/t11-/m1/s1. The van der Waals surface area contributed by atoms with Crippen molar-refractivity contribution in [2.24, 2.45) is 0 Å². The van der Waals surface area contributed by atoms with Crippen molar-refractivity contribution in [1.82, 2.24) is 5.32 Å². The van der Waals surface area contributed by atoms with Gasteiger partial charge in [-0.05, 0) is 45.2 Å². The summed E-state index contributed by atoms with van der Waals surface area (Å²) in [7, 11) is 0. The molecule has 0 unspecified atom stereocenters. The Balaban J connectivity index is 2.70. The van der Waals surface area contributed by atoms with Crippen molar-refractivity contribution in [1.29, 1.82) is 0 Å². The molecule has 1 N–H and O–H groups in total. The highest BCUT2D eigenvalue weighted by molar-refractivity contribution is 5.24. The fourth-order valence-corrected chi connectivity index (χ4v) is 1.77. The molecule has 0 heterocycles. The van der Waals surface area contributed by atoms with E-state index in [2.05, 4.69) is 64.2 Å². The Bertz CT molecular complexity index is 292. The van der Waals surface area contributed by atoms with Crippen molar-refractivity contribution < 1.29 is 0 Å². The van der Waals surface area contributed by atoms with E-state index in [9.17, 15) is 0 Å². The first-order valence-electron chi connectivity index (χ1n) is 5.79. The van der Waals surface area contributed by atoms with Gasteiger partial charge in [0.15, 0.2) is 0 Å². The zero-order valence-corrected chi connectivity index (χ0v) is 10.6. The molecule has 0 aliphatic heterocycles. The van der Waals surface area contributed by atoms with Gasteiger partial charge in [-0.2, -0.15) is 0 Å². The van der Waals surface area contributed by atoms with Crippen LogP contribution in [0.25, 0.3) is 0 Å². The number of hydrogen-bond donors (Lipinski definition) is 1. The molecule has 0 bridgehead atoms. The zero-order chi connectivity index (χ0) is 11.5. The van der Waals surface area contributed by atoms with E-state index in [-0.39, 0.29) is 5.54 Å². The third-order valence-electron chi connectivity index (χ3n) is 2.54. The van der Waals surface area contributed by atoms with E-state index < -0.39 is 0 Å². The molecule has 1 nitrogen and oxygen atoms in total. The first-order chi connectivity index (χ1) is 6.92. The maximum absolute atomic E-state index is 3.57. The van der Waals surface area contributed by atoms with E-state index >= 15 is 0 Å². The van der Waals surface area contributed by atoms with Gasteiger partial charge in [0.1, 0.15) is 0 Å². The minimum absolute atomic E-state index is 0.169. The highest BCUT2D eigenvalue weighted by atomic mass is 15.0. The predicted molar refractivity (Wildman–Crippen MR) is 67.1 cm³/mol. The van der Waals surface area contributed by atoms with E-state index in [1.54, 1.807) is 0 Å². The largest absolute Gasteiger partial charge is 0.306 e. The average molecular weight is 205 g/mol. The Hall–Kier alpha value is -0.820. The van der Waals surface area contributed by atoms with Crippen LogP contribution in [0.2, 0.25) is 0 Å². The van der Waals surface area contributed by atoms with E-state index in [1.165, 1.54) is 11.1 Å². The van der Waals surface area contributed by atoms with Gasteiger partial charge in [0, 0.05) is 11.6 Å². The van der Waals surface area contributed by atoms with Gasteiger partial charge >= 0.3 is 0 Å². The third kappa shape index (κ3) is 4.05. The normalized spacial score (nSPS) is 13.9. The lowest BCUT2D eigenvalue weighted by Gasteiger charge is -2.26. The number of nitrogens with one attached hydrogen (secondary N) is 1. The summed E-state index contributed by atoms with van der Waals surface area (Å²) >= 11 is 0. The molecular formula is C14H23N. The van der Waals surface area contributed by atoms with Gasteiger partial charge in [-0.3, -0.25) is 0 Å². The first-order valence-corrected chi connectivity index (χ1v) is 5.79. The molecule has 0 radical (unpaired) electrons. The fraction of sp³-hybridized carbons (Fsp3) is 0.571. The van der Waals surface area contributed by atoms with Crippen molar-refractivity contribution >= 4 is 0 Å². The molecule has 15 heavy (non-hydrogen) atoms. The molecule has 1 aromatic carbocycles. The Morgan fingerprint density at radius 1 is 1.13 bits per heavy atom. The molecular weight excluding hydrogens is 182 g/mol. The van der Waals surface area contributed by atoms with Crippen LogP contribution in [0.1, 0.15) is 51.8 Å². The Morgan fingerprint density at radius 3 is 2.07 bits per heavy atom. The quantitative estimate of drug-likeness (QED) is 0.793. The third-order valence-corrected chi connectivity index (χ3v) is 2.54. The highest BCUT2D eigenvalue weighted by Gasteiger charge is 2.14. The summed E-state index contributed by atoms with van der Waals surface area (Å²) in [5.41, 5.74) is 2.94. The van der Waals surface area contributed by atoms with Crippen molar-refractivity contribution in [2.75, 3.05) is 0 Å². The highest BCUT2D eigenvalue weighted by Crippen LogP contribution is 2.16. The molecule has 0 aromatic heterocycles. The predicted octanol–water partition coefficient (Wildman–Crippen LogP) is 3.70. The van der Waals surface area contributed by atoms with Crippen LogP contribution in [0.4, 0.5) is 0 Å². The smallest absolute Gasteiger partial charge is 0.0296 e. The molecule has 1 rings (SSSR count). The summed E-state index contributed by atoms with van der Waals surface area (Å²) < 4.78 is 0. The maximum Gasteiger partial charge on any atom is 0.0296 e. The summed E-state index contributed by atoms with van der Waals surface area (Å²) in [6.07, 6.45) is 1.11. The van der Waals surface area contributed by atoms with Gasteiger partial charge in [0.25, 0.3) is 0 Å². The van der Waals surface area contributed by atoms with Gasteiger partial charge < -0.3 is 5.32 Å². The summed E-state index contributed by atoms with van der Waals surface area (Å²) in [6, 6.07) is 9.30. The van der Waals surface area contributed by atoms with Crippen LogP contribution in [0.15, 0.2) is 24.3 Å². The summed E-state index contributed by atoms with van der Waals surface area (Å²) in [5.74, 6) is 0. The lowest BCUT2D eigenvalue weighted by molar-refractivity contribution is 0.378. The monoisotopic (exact) mass is 205 g/mol. The first kappa shape index (κ1) is 12.3. The summed E-state index contributed by atoms with van der Waals surface area (Å²) in [4.78, 5) is 0. The molecule has 1 atom stereocenters. The van der Waals surface area contributed by atoms with Gasteiger partial charge in [-0.15, -0.1) is 0 Å². The van der Waals surface area contributed by atoms with Crippen LogP contribution in [-0.4, -0.2) is 5.54 Å². The van der Waals surface area contributed by atoms with Gasteiger partial charge in [0.2, 0.25) is 0 Å². The molecule has 0 aliphatic rings. The molecule has 0 aliphatic carbocycles. The molecule has 0 fully saturated rings. The Labute approximate surface area is 93.9 Å². The van der Waals surface area contributed by atoms with E-state index in [0.29, 0.717) is 6.04 Å². The van der Waals surface area contributed by atoms with Crippen molar-refractivity contribution in [3.63, 3.8) is 0 Å².